The number of nitrogens with zero attached hydrogens (tertiary/aromatic N) is 7. The van der Waals surface area contributed by atoms with Crippen LogP contribution in [0.3, 0.4) is 0 Å². The first-order valence-electron chi connectivity index (χ1n) is 12.9. The average Bonchev–Trinajstić information content (AvgIpc) is 3.65. The number of hydrogen-bond donors (Lipinski definition) is 0. The number of imidazole rings is 1. The topological polar surface area (TPSA) is 83.5 Å². The van der Waals surface area contributed by atoms with E-state index in [0.29, 0.717) is 5.82 Å². The van der Waals surface area contributed by atoms with Gasteiger partial charge in [0.2, 0.25) is 5.82 Å². The molecular formula is C29H31N7O. The predicted octanol–water partition coefficient (Wildman–Crippen LogP) is 5.37. The number of hydrogen-bond acceptors (Lipinski definition) is 6. The predicted molar refractivity (Wildman–Crippen MR) is 143 cm³/mol. The molecule has 0 radical (unpaired) electrons. The summed E-state index contributed by atoms with van der Waals surface area (Å²) in [5.41, 5.74) is 9.69. The molecule has 3 aromatic heterocycles. The SMILES string of the molecule is CCc1nc2c(C)cc(C)nc2n1Cc1ccc(-c2cc(C3CCCO3)ccc2-c2nnn(C)n2)cc1. The van der Waals surface area contributed by atoms with Crippen molar-refractivity contribution in [1.29, 1.82) is 0 Å². The van der Waals surface area contributed by atoms with E-state index in [1.54, 1.807) is 7.05 Å². The summed E-state index contributed by atoms with van der Waals surface area (Å²) in [6, 6.07) is 17.3. The molecule has 0 bridgehead atoms. The van der Waals surface area contributed by atoms with E-state index in [9.17, 15) is 0 Å². The largest absolute Gasteiger partial charge is 0.374 e. The highest BCUT2D eigenvalue weighted by molar-refractivity contribution is 5.81. The van der Waals surface area contributed by atoms with Gasteiger partial charge in [-0.1, -0.05) is 43.3 Å². The first-order chi connectivity index (χ1) is 18.0. The van der Waals surface area contributed by atoms with Crippen molar-refractivity contribution in [3.8, 4) is 22.5 Å². The molecule has 2 aromatic carbocycles. The maximum absolute atomic E-state index is 5.97. The lowest BCUT2D eigenvalue weighted by Crippen LogP contribution is -2.05. The standard InChI is InChI=1S/C29H31N7O/c1-5-26-31-27-18(2)15-19(3)30-29(27)36(26)17-20-8-10-21(11-9-20)24-16-22(25-7-6-14-37-25)12-13-23(24)28-32-34-35(4)33-28/h8-13,15-16,25H,5-7,14,17H2,1-4H3. The molecule has 188 valence electrons. The third-order valence-electron chi connectivity index (χ3n) is 7.12. The molecule has 8 nitrogen and oxygen atoms in total. The molecule has 37 heavy (non-hydrogen) atoms. The van der Waals surface area contributed by atoms with E-state index >= 15 is 0 Å². The molecule has 0 aliphatic carbocycles. The Labute approximate surface area is 216 Å². The summed E-state index contributed by atoms with van der Waals surface area (Å²) >= 11 is 0. The normalized spacial score (nSPS) is 15.6. The molecule has 1 aliphatic heterocycles. The van der Waals surface area contributed by atoms with Gasteiger partial charge < -0.3 is 9.30 Å². The number of ether oxygens (including phenoxy) is 1. The lowest BCUT2D eigenvalue weighted by Gasteiger charge is -2.15. The van der Waals surface area contributed by atoms with Crippen LogP contribution in [0.4, 0.5) is 0 Å². The molecule has 1 unspecified atom stereocenters. The Balaban J connectivity index is 1.37. The van der Waals surface area contributed by atoms with Crippen molar-refractivity contribution in [2.75, 3.05) is 6.61 Å². The number of benzene rings is 2. The van der Waals surface area contributed by atoms with E-state index in [4.69, 9.17) is 14.7 Å². The Kier molecular flexibility index (Phi) is 6.04. The van der Waals surface area contributed by atoms with E-state index in [0.717, 1.165) is 71.8 Å². The highest BCUT2D eigenvalue weighted by Crippen LogP contribution is 2.36. The van der Waals surface area contributed by atoms with Crippen molar-refractivity contribution < 1.29 is 4.74 Å². The van der Waals surface area contributed by atoms with Crippen molar-refractivity contribution in [1.82, 2.24) is 34.7 Å². The Morgan fingerprint density at radius 2 is 1.84 bits per heavy atom. The first-order valence-corrected chi connectivity index (χ1v) is 12.9. The van der Waals surface area contributed by atoms with Gasteiger partial charge in [-0.2, -0.15) is 4.80 Å². The van der Waals surface area contributed by atoms with Crippen molar-refractivity contribution in [2.45, 2.75) is 52.7 Å². The first kappa shape index (κ1) is 23.5. The molecule has 5 aromatic rings. The molecule has 0 N–H and O–H groups in total. The third-order valence-corrected chi connectivity index (χ3v) is 7.12. The molecular weight excluding hydrogens is 462 g/mol. The smallest absolute Gasteiger partial charge is 0.205 e. The van der Waals surface area contributed by atoms with Crippen LogP contribution in [-0.2, 0) is 24.8 Å². The van der Waals surface area contributed by atoms with Crippen molar-refractivity contribution >= 4 is 11.2 Å². The molecule has 6 rings (SSSR count). The van der Waals surface area contributed by atoms with Gasteiger partial charge in [0, 0.05) is 24.3 Å². The van der Waals surface area contributed by atoms with Crippen LogP contribution in [0.1, 0.15) is 54.1 Å². The van der Waals surface area contributed by atoms with Crippen LogP contribution in [0.25, 0.3) is 33.7 Å². The summed E-state index contributed by atoms with van der Waals surface area (Å²) < 4.78 is 8.22. The van der Waals surface area contributed by atoms with Gasteiger partial charge in [0.25, 0.3) is 0 Å². The minimum atomic E-state index is 0.142. The molecule has 4 heterocycles. The fourth-order valence-corrected chi connectivity index (χ4v) is 5.29. The Morgan fingerprint density at radius 3 is 2.54 bits per heavy atom. The molecule has 1 saturated heterocycles. The number of aromatic nitrogens is 7. The van der Waals surface area contributed by atoms with Crippen LogP contribution in [0.15, 0.2) is 48.5 Å². The van der Waals surface area contributed by atoms with Crippen LogP contribution in [0, 0.1) is 13.8 Å². The van der Waals surface area contributed by atoms with Gasteiger partial charge in [0.1, 0.15) is 11.3 Å². The number of rotatable bonds is 6. The molecule has 1 fully saturated rings. The number of aryl methyl sites for hydroxylation is 4. The highest BCUT2D eigenvalue weighted by atomic mass is 16.5. The van der Waals surface area contributed by atoms with Crippen LogP contribution in [0.5, 0.6) is 0 Å². The van der Waals surface area contributed by atoms with Crippen molar-refractivity contribution in [3.05, 3.63) is 76.7 Å². The fraction of sp³-hybridized carbons (Fsp3) is 0.345. The molecule has 0 amide bonds. The molecule has 1 atom stereocenters. The number of pyridine rings is 1. The zero-order valence-electron chi connectivity index (χ0n) is 21.8. The van der Waals surface area contributed by atoms with E-state index in [2.05, 4.69) is 82.4 Å². The quantitative estimate of drug-likeness (QED) is 0.316. The van der Waals surface area contributed by atoms with E-state index in [1.165, 1.54) is 21.5 Å². The maximum atomic E-state index is 5.97. The van der Waals surface area contributed by atoms with Crippen LogP contribution < -0.4 is 0 Å². The van der Waals surface area contributed by atoms with Gasteiger partial charge in [-0.05, 0) is 71.9 Å². The summed E-state index contributed by atoms with van der Waals surface area (Å²) in [6.45, 7) is 7.84. The van der Waals surface area contributed by atoms with E-state index in [1.807, 2.05) is 6.92 Å². The number of tetrazole rings is 1. The molecule has 8 heteroatoms. The zero-order chi connectivity index (χ0) is 25.5. The van der Waals surface area contributed by atoms with Gasteiger partial charge in [-0.15, -0.1) is 10.2 Å². The second-order valence-electron chi connectivity index (χ2n) is 9.83. The van der Waals surface area contributed by atoms with Crippen molar-refractivity contribution in [2.24, 2.45) is 7.05 Å². The van der Waals surface area contributed by atoms with Crippen LogP contribution in [-0.4, -0.2) is 41.3 Å². The second-order valence-corrected chi connectivity index (χ2v) is 9.83. The number of fused-ring (bicyclic) bond motifs is 1. The molecule has 1 aliphatic rings. The minimum absolute atomic E-state index is 0.142. The van der Waals surface area contributed by atoms with Gasteiger partial charge in [0.15, 0.2) is 5.65 Å². The molecule has 0 spiro atoms. The van der Waals surface area contributed by atoms with Gasteiger partial charge in [0.05, 0.1) is 19.7 Å². The fourth-order valence-electron chi connectivity index (χ4n) is 5.29. The summed E-state index contributed by atoms with van der Waals surface area (Å²) in [5, 5.41) is 12.8. The van der Waals surface area contributed by atoms with Crippen LogP contribution >= 0.6 is 0 Å². The Morgan fingerprint density at radius 1 is 1.00 bits per heavy atom. The lowest BCUT2D eigenvalue weighted by atomic mass is 9.94. The summed E-state index contributed by atoms with van der Waals surface area (Å²) in [6.07, 6.45) is 3.14. The highest BCUT2D eigenvalue weighted by Gasteiger charge is 2.21. The van der Waals surface area contributed by atoms with Gasteiger partial charge in [-0.25, -0.2) is 9.97 Å². The molecule has 0 saturated carbocycles. The monoisotopic (exact) mass is 493 g/mol. The summed E-state index contributed by atoms with van der Waals surface area (Å²) in [5.74, 6) is 1.68. The Bertz CT molecular complexity index is 1580. The summed E-state index contributed by atoms with van der Waals surface area (Å²) in [7, 11) is 1.79. The van der Waals surface area contributed by atoms with Crippen LogP contribution in [0.2, 0.25) is 0 Å². The minimum Gasteiger partial charge on any atom is -0.374 e. The Hall–Kier alpha value is -3.91. The van der Waals surface area contributed by atoms with Crippen molar-refractivity contribution in [3.63, 3.8) is 0 Å². The van der Waals surface area contributed by atoms with Gasteiger partial charge >= 0.3 is 0 Å². The average molecular weight is 494 g/mol. The second kappa shape index (κ2) is 9.52. The van der Waals surface area contributed by atoms with E-state index < -0.39 is 0 Å². The third kappa shape index (κ3) is 4.42. The zero-order valence-corrected chi connectivity index (χ0v) is 21.8. The maximum Gasteiger partial charge on any atom is 0.205 e. The van der Waals surface area contributed by atoms with E-state index in [-0.39, 0.29) is 6.10 Å². The van der Waals surface area contributed by atoms with Gasteiger partial charge in [-0.3, -0.25) is 0 Å². The summed E-state index contributed by atoms with van der Waals surface area (Å²) in [4.78, 5) is 11.2. The lowest BCUT2D eigenvalue weighted by molar-refractivity contribution is 0.112.